The zero-order valence-electron chi connectivity index (χ0n) is 36.2. The van der Waals surface area contributed by atoms with Gasteiger partial charge in [0.05, 0.1) is 18.9 Å². The molecule has 0 unspecified atom stereocenters. The third-order valence-corrected chi connectivity index (χ3v) is 7.69. The van der Waals surface area contributed by atoms with Gasteiger partial charge in [-0.25, -0.2) is 19.6 Å². The fraction of sp³-hybridized carbons (Fsp3) is 0.512. The molecule has 0 bridgehead atoms. The Morgan fingerprint density at radius 1 is 0.571 bits per heavy atom. The average molecular weight is 772 g/mol. The first-order chi connectivity index (χ1) is 26.6. The predicted molar refractivity (Wildman–Crippen MR) is 226 cm³/mol. The van der Waals surface area contributed by atoms with Gasteiger partial charge in [-0.05, 0) is 101 Å². The first kappa shape index (κ1) is 48.4. The van der Waals surface area contributed by atoms with Crippen molar-refractivity contribution in [2.45, 2.75) is 139 Å². The molecule has 0 aromatic carbocycles. The Morgan fingerprint density at radius 3 is 1.50 bits per heavy atom. The topological polar surface area (TPSA) is 170 Å². The number of aromatic nitrogens is 15. The molecule has 15 heteroatoms. The molecule has 7 aromatic rings. The maximum atomic E-state index is 4.06. The van der Waals surface area contributed by atoms with Crippen LogP contribution in [0.3, 0.4) is 0 Å². The maximum Gasteiger partial charge on any atom is 0.138 e. The number of aromatic amines is 3. The second-order valence-electron chi connectivity index (χ2n) is 14.8. The van der Waals surface area contributed by atoms with Crippen molar-refractivity contribution in [3.05, 3.63) is 122 Å². The highest BCUT2D eigenvalue weighted by molar-refractivity contribution is 5.07. The minimum Gasteiger partial charge on any atom is -0.352 e. The van der Waals surface area contributed by atoms with Crippen LogP contribution in [0, 0.1) is 0 Å². The quantitative estimate of drug-likeness (QED) is 0.144. The fourth-order valence-electron chi connectivity index (χ4n) is 4.01. The van der Waals surface area contributed by atoms with Crippen molar-refractivity contribution < 1.29 is 0 Å². The van der Waals surface area contributed by atoms with E-state index in [2.05, 4.69) is 160 Å². The monoisotopic (exact) mass is 772 g/mol. The lowest BCUT2D eigenvalue weighted by atomic mass is 10.1. The van der Waals surface area contributed by atoms with Gasteiger partial charge in [-0.1, -0.05) is 41.5 Å². The van der Waals surface area contributed by atoms with Crippen LogP contribution in [-0.4, -0.2) is 74.2 Å². The molecule has 56 heavy (non-hydrogen) atoms. The van der Waals surface area contributed by atoms with Gasteiger partial charge >= 0.3 is 0 Å². The number of tetrazole rings is 1. The number of hydrogen-bond acceptors (Lipinski definition) is 8. The third kappa shape index (κ3) is 21.3. The molecule has 0 fully saturated rings. The molecule has 0 amide bonds. The van der Waals surface area contributed by atoms with Crippen molar-refractivity contribution in [3.63, 3.8) is 0 Å². The molecule has 15 nitrogen and oxygen atoms in total. The van der Waals surface area contributed by atoms with Crippen LogP contribution in [0.15, 0.2) is 105 Å². The van der Waals surface area contributed by atoms with E-state index in [0.717, 1.165) is 5.82 Å². The second kappa shape index (κ2) is 27.9. The summed E-state index contributed by atoms with van der Waals surface area (Å²) in [6.07, 6.45) is 26.0. The summed E-state index contributed by atoms with van der Waals surface area (Å²) < 4.78 is 7.83. The lowest BCUT2D eigenvalue weighted by Crippen LogP contribution is -2.00. The van der Waals surface area contributed by atoms with Gasteiger partial charge in [0.15, 0.2) is 0 Å². The summed E-state index contributed by atoms with van der Waals surface area (Å²) in [4.78, 5) is 17.9. The SMILES string of the molecule is CC(C)c1cn[nH]c1.CC(C)c1cnc[nH]1.CC(C)c1ncc[nH]1.CC(C)n1cccc1.CC(C)n1cccn1.CC(C)n1ccnc1.CC(C)n1cnnn1. The molecule has 7 rings (SSSR count). The van der Waals surface area contributed by atoms with Crippen LogP contribution in [-0.2, 0) is 0 Å². The first-order valence-electron chi connectivity index (χ1n) is 19.4. The van der Waals surface area contributed by atoms with Gasteiger partial charge in [0.2, 0.25) is 0 Å². The molecule has 0 spiro atoms. The first-order valence-corrected chi connectivity index (χ1v) is 19.4. The number of H-pyrrole nitrogens is 3. The summed E-state index contributed by atoms with van der Waals surface area (Å²) >= 11 is 0. The second-order valence-corrected chi connectivity index (χ2v) is 14.8. The zero-order chi connectivity index (χ0) is 41.9. The fourth-order valence-corrected chi connectivity index (χ4v) is 4.01. The van der Waals surface area contributed by atoms with Crippen molar-refractivity contribution in [3.8, 4) is 0 Å². The van der Waals surface area contributed by atoms with E-state index in [0.29, 0.717) is 41.9 Å². The Labute approximate surface area is 334 Å². The van der Waals surface area contributed by atoms with Crippen LogP contribution in [0.4, 0.5) is 0 Å². The smallest absolute Gasteiger partial charge is 0.138 e. The summed E-state index contributed by atoms with van der Waals surface area (Å²) in [5.41, 5.74) is 2.47. The highest BCUT2D eigenvalue weighted by atomic mass is 15.5. The van der Waals surface area contributed by atoms with E-state index in [1.165, 1.54) is 11.3 Å². The summed E-state index contributed by atoms with van der Waals surface area (Å²) in [6, 6.07) is 8.01. The minimum atomic E-state index is 0.366. The third-order valence-electron chi connectivity index (χ3n) is 7.69. The van der Waals surface area contributed by atoms with Gasteiger partial charge < -0.3 is 19.1 Å². The van der Waals surface area contributed by atoms with Gasteiger partial charge in [0.25, 0.3) is 0 Å². The molecular weight excluding hydrogens is 703 g/mol. The summed E-state index contributed by atoms with van der Waals surface area (Å²) in [5.74, 6) is 2.74. The van der Waals surface area contributed by atoms with Crippen LogP contribution in [0.2, 0.25) is 0 Å². The Bertz CT molecular complexity index is 1370. The minimum absolute atomic E-state index is 0.366. The molecule has 0 saturated carbocycles. The number of rotatable bonds is 7. The van der Waals surface area contributed by atoms with Gasteiger partial charge in [-0.2, -0.15) is 10.2 Å². The molecule has 7 heterocycles. The van der Waals surface area contributed by atoms with Crippen LogP contribution < -0.4 is 0 Å². The molecule has 0 saturated heterocycles. The maximum absolute atomic E-state index is 4.06. The van der Waals surface area contributed by atoms with Gasteiger partial charge in [0, 0.05) is 97.7 Å². The predicted octanol–water partition coefficient (Wildman–Crippen LogP) is 9.85. The van der Waals surface area contributed by atoms with Crippen molar-refractivity contribution in [1.82, 2.24) is 74.2 Å². The number of nitrogens with one attached hydrogen (secondary N) is 3. The van der Waals surface area contributed by atoms with E-state index >= 15 is 0 Å². The highest BCUT2D eigenvalue weighted by Gasteiger charge is 1.98. The molecule has 0 aliphatic rings. The Balaban J connectivity index is 0.000000327. The summed E-state index contributed by atoms with van der Waals surface area (Å²) in [6.45, 7) is 29.6. The largest absolute Gasteiger partial charge is 0.352 e. The van der Waals surface area contributed by atoms with Crippen LogP contribution in [0.25, 0.3) is 0 Å². The molecule has 0 radical (unpaired) electrons. The van der Waals surface area contributed by atoms with Crippen LogP contribution in [0.1, 0.15) is 156 Å². The molecule has 3 N–H and O–H groups in total. The lowest BCUT2D eigenvalue weighted by Gasteiger charge is -2.03. The van der Waals surface area contributed by atoms with E-state index in [1.807, 2.05) is 80.2 Å². The molecule has 0 aliphatic heterocycles. The van der Waals surface area contributed by atoms with Gasteiger partial charge in [-0.3, -0.25) is 9.78 Å². The van der Waals surface area contributed by atoms with Crippen LogP contribution >= 0.6 is 0 Å². The summed E-state index contributed by atoms with van der Waals surface area (Å²) in [7, 11) is 0. The van der Waals surface area contributed by atoms with E-state index in [-0.39, 0.29) is 0 Å². The molecule has 308 valence electrons. The average Bonchev–Trinajstić information content (AvgIpc) is 4.05. The standard InChI is InChI=1S/C7H11N.5C6H10N2.C4H8N4/c1-7(2)8-5-3-4-6-8;1-5(2)6-3-7-4-8-6;1-5(2)6-3-7-8-4-6;1-6(2)8-4-3-7-5-8;1-6(2)8-5-3-4-7-8;1-5(2)6-7-3-4-8-6;1-4(2)8-3-5-6-7-8/h3-7H,1-2H3;2*3-5H,1-2H3,(H,7,8);2*3-6H,1-2H3;3-5H,1-2H3,(H,7,8);3-4H,1-2H3. The van der Waals surface area contributed by atoms with E-state index < -0.39 is 0 Å². The van der Waals surface area contributed by atoms with Gasteiger partial charge in [-0.15, -0.1) is 5.10 Å². The Morgan fingerprint density at radius 2 is 1.25 bits per heavy atom. The normalized spacial score (nSPS) is 10.4. The zero-order valence-corrected chi connectivity index (χ0v) is 36.2. The van der Waals surface area contributed by atoms with Crippen LogP contribution in [0.5, 0.6) is 0 Å². The molecule has 7 aromatic heterocycles. The van der Waals surface area contributed by atoms with Crippen molar-refractivity contribution in [2.24, 2.45) is 0 Å². The van der Waals surface area contributed by atoms with Crippen molar-refractivity contribution in [2.75, 3.05) is 0 Å². The lowest BCUT2D eigenvalue weighted by molar-refractivity contribution is 0.514. The Hall–Kier alpha value is -5.60. The van der Waals surface area contributed by atoms with E-state index in [1.54, 1.807) is 35.9 Å². The number of imidazole rings is 3. The van der Waals surface area contributed by atoms with Crippen molar-refractivity contribution >= 4 is 0 Å². The van der Waals surface area contributed by atoms with E-state index in [4.69, 9.17) is 0 Å². The van der Waals surface area contributed by atoms with E-state index in [9.17, 15) is 0 Å². The number of nitrogens with zero attached hydrogens (tertiary/aromatic N) is 12. The number of hydrogen-bond donors (Lipinski definition) is 3. The molecular formula is C41H69N15. The molecule has 0 aliphatic carbocycles. The van der Waals surface area contributed by atoms with Crippen molar-refractivity contribution in [1.29, 1.82) is 0 Å². The highest BCUT2D eigenvalue weighted by Crippen LogP contribution is 2.10. The Kier molecular flexibility index (Phi) is 24.1. The molecule has 0 atom stereocenters. The van der Waals surface area contributed by atoms with Gasteiger partial charge in [0.1, 0.15) is 12.2 Å². The summed E-state index contributed by atoms with van der Waals surface area (Å²) in [5, 5.41) is 21.2.